The molecule has 1 aromatic heterocycles. The van der Waals surface area contributed by atoms with E-state index in [1.54, 1.807) is 17.8 Å². The summed E-state index contributed by atoms with van der Waals surface area (Å²) in [6, 6.07) is 3.45. The average molecular weight is 265 g/mol. The van der Waals surface area contributed by atoms with Gasteiger partial charge in [-0.2, -0.15) is 5.10 Å². The predicted octanol–water partition coefficient (Wildman–Crippen LogP) is 3.11. The Kier molecular flexibility index (Phi) is 3.95. The van der Waals surface area contributed by atoms with Gasteiger partial charge in [0.2, 0.25) is 0 Å². The predicted molar refractivity (Wildman–Crippen MR) is 69.5 cm³/mol. The Labute approximate surface area is 111 Å². The molecule has 2 aromatic rings. The van der Waals surface area contributed by atoms with Crippen LogP contribution in [-0.2, 0) is 7.05 Å². The van der Waals surface area contributed by atoms with Crippen molar-refractivity contribution in [2.75, 3.05) is 0 Å². The summed E-state index contributed by atoms with van der Waals surface area (Å²) in [4.78, 5) is 0. The van der Waals surface area contributed by atoms with Crippen LogP contribution in [-0.4, -0.2) is 9.78 Å². The first kappa shape index (κ1) is 13.7. The van der Waals surface area contributed by atoms with Crippen molar-refractivity contribution in [2.24, 2.45) is 7.05 Å². The lowest BCUT2D eigenvalue weighted by atomic mass is 10.0. The number of hydrogen-bond acceptors (Lipinski definition) is 2. The fourth-order valence-electron chi connectivity index (χ4n) is 2.14. The van der Waals surface area contributed by atoms with E-state index >= 15 is 0 Å². The third-order valence-electron chi connectivity index (χ3n) is 3.16. The van der Waals surface area contributed by atoms with Crippen LogP contribution in [0.15, 0.2) is 30.6 Å². The molecule has 0 amide bonds. The first-order valence-corrected chi connectivity index (χ1v) is 6.17. The van der Waals surface area contributed by atoms with Crippen molar-refractivity contribution in [3.8, 4) is 0 Å². The van der Waals surface area contributed by atoms with Crippen molar-refractivity contribution in [3.63, 3.8) is 0 Å². The van der Waals surface area contributed by atoms with E-state index in [0.717, 1.165) is 5.56 Å². The van der Waals surface area contributed by atoms with Gasteiger partial charge >= 0.3 is 0 Å². The minimum Gasteiger partial charge on any atom is -0.303 e. The molecule has 0 bridgehead atoms. The number of benzene rings is 1. The molecule has 0 aliphatic heterocycles. The summed E-state index contributed by atoms with van der Waals surface area (Å²) < 4.78 is 29.0. The van der Waals surface area contributed by atoms with E-state index in [1.165, 1.54) is 18.2 Å². The third kappa shape index (κ3) is 2.98. The van der Waals surface area contributed by atoms with Crippen LogP contribution in [0.4, 0.5) is 8.78 Å². The molecule has 1 aromatic carbocycles. The Morgan fingerprint density at radius 1 is 1.16 bits per heavy atom. The maximum absolute atomic E-state index is 13.7. The molecular weight excluding hydrogens is 248 g/mol. The highest BCUT2D eigenvalue weighted by Crippen LogP contribution is 2.23. The molecule has 0 radical (unpaired) electrons. The second-order valence-corrected chi connectivity index (χ2v) is 4.69. The highest BCUT2D eigenvalue weighted by molar-refractivity contribution is 5.23. The second-order valence-electron chi connectivity index (χ2n) is 4.69. The van der Waals surface area contributed by atoms with Crippen molar-refractivity contribution in [3.05, 3.63) is 53.4 Å². The lowest BCUT2D eigenvalue weighted by molar-refractivity contribution is 0.449. The Bertz CT molecular complexity index is 545. The molecule has 0 saturated heterocycles. The number of aromatic nitrogens is 2. The molecule has 1 N–H and O–H groups in total. The monoisotopic (exact) mass is 265 g/mol. The topological polar surface area (TPSA) is 29.9 Å². The lowest BCUT2D eigenvalue weighted by Crippen LogP contribution is -2.24. The Morgan fingerprint density at radius 2 is 1.79 bits per heavy atom. The maximum atomic E-state index is 13.7. The van der Waals surface area contributed by atoms with Gasteiger partial charge in [0, 0.05) is 36.5 Å². The largest absolute Gasteiger partial charge is 0.303 e. The van der Waals surface area contributed by atoms with Crippen molar-refractivity contribution < 1.29 is 8.78 Å². The van der Waals surface area contributed by atoms with Gasteiger partial charge in [0.1, 0.15) is 11.6 Å². The van der Waals surface area contributed by atoms with E-state index < -0.39 is 17.7 Å². The van der Waals surface area contributed by atoms with Crippen LogP contribution in [0.5, 0.6) is 0 Å². The molecule has 0 saturated carbocycles. The van der Waals surface area contributed by atoms with E-state index in [1.807, 2.05) is 20.2 Å². The van der Waals surface area contributed by atoms with Crippen LogP contribution in [0.3, 0.4) is 0 Å². The summed E-state index contributed by atoms with van der Waals surface area (Å²) in [6.45, 7) is 3.68. The zero-order valence-electron chi connectivity index (χ0n) is 11.2. The van der Waals surface area contributed by atoms with Crippen LogP contribution < -0.4 is 5.32 Å². The molecule has 0 fully saturated rings. The smallest absolute Gasteiger partial charge is 0.130 e. The summed E-state index contributed by atoms with van der Waals surface area (Å²) in [5.41, 5.74) is 1.05. The SMILES string of the molecule is CC(NC(C)c1c(F)cccc1F)c1cnn(C)c1. The van der Waals surface area contributed by atoms with Gasteiger partial charge < -0.3 is 5.32 Å². The molecule has 2 unspecified atom stereocenters. The summed E-state index contributed by atoms with van der Waals surface area (Å²) in [7, 11) is 1.83. The van der Waals surface area contributed by atoms with Gasteiger partial charge in [-0.1, -0.05) is 6.07 Å². The van der Waals surface area contributed by atoms with E-state index in [0.29, 0.717) is 0 Å². The molecule has 0 spiro atoms. The van der Waals surface area contributed by atoms with Crippen molar-refractivity contribution in [1.82, 2.24) is 15.1 Å². The molecule has 2 rings (SSSR count). The van der Waals surface area contributed by atoms with Gasteiger partial charge in [-0.15, -0.1) is 0 Å². The number of nitrogens with one attached hydrogen (secondary N) is 1. The average Bonchev–Trinajstić information content (AvgIpc) is 2.75. The number of nitrogens with zero attached hydrogens (tertiary/aromatic N) is 2. The van der Waals surface area contributed by atoms with Crippen molar-refractivity contribution in [1.29, 1.82) is 0 Å². The molecule has 102 valence electrons. The van der Waals surface area contributed by atoms with Gasteiger partial charge in [0.05, 0.1) is 6.20 Å². The molecule has 0 aliphatic rings. The summed E-state index contributed by atoms with van der Waals surface area (Å²) >= 11 is 0. The van der Waals surface area contributed by atoms with Gasteiger partial charge in [0.25, 0.3) is 0 Å². The van der Waals surface area contributed by atoms with Crippen LogP contribution in [0.25, 0.3) is 0 Å². The highest BCUT2D eigenvalue weighted by atomic mass is 19.1. The third-order valence-corrected chi connectivity index (χ3v) is 3.16. The number of halogens is 2. The van der Waals surface area contributed by atoms with Gasteiger partial charge in [0.15, 0.2) is 0 Å². The molecule has 19 heavy (non-hydrogen) atoms. The molecule has 3 nitrogen and oxygen atoms in total. The standard InChI is InChI=1S/C14H17F2N3/c1-9(11-7-17-19(3)8-11)18-10(2)14-12(15)5-4-6-13(14)16/h4-10,18H,1-3H3. The van der Waals surface area contributed by atoms with Gasteiger partial charge in [-0.05, 0) is 26.0 Å². The Morgan fingerprint density at radius 3 is 2.32 bits per heavy atom. The maximum Gasteiger partial charge on any atom is 0.130 e. The normalized spacial score (nSPS) is 14.4. The quantitative estimate of drug-likeness (QED) is 0.920. The zero-order chi connectivity index (χ0) is 14.0. The van der Waals surface area contributed by atoms with E-state index in [4.69, 9.17) is 0 Å². The number of hydrogen-bond donors (Lipinski definition) is 1. The zero-order valence-corrected chi connectivity index (χ0v) is 11.2. The van der Waals surface area contributed by atoms with Gasteiger partial charge in [-0.3, -0.25) is 4.68 Å². The summed E-state index contributed by atoms with van der Waals surface area (Å²) in [6.07, 6.45) is 3.62. The molecule has 0 aliphatic carbocycles. The Balaban J connectivity index is 2.15. The van der Waals surface area contributed by atoms with Crippen molar-refractivity contribution >= 4 is 0 Å². The number of aryl methyl sites for hydroxylation is 1. The first-order valence-electron chi connectivity index (χ1n) is 6.17. The molecule has 2 atom stereocenters. The van der Waals surface area contributed by atoms with E-state index in [9.17, 15) is 8.78 Å². The minimum atomic E-state index is -0.529. The van der Waals surface area contributed by atoms with Crippen LogP contribution >= 0.6 is 0 Å². The van der Waals surface area contributed by atoms with E-state index in [2.05, 4.69) is 10.4 Å². The second kappa shape index (κ2) is 5.48. The first-order chi connectivity index (χ1) is 8.99. The fourth-order valence-corrected chi connectivity index (χ4v) is 2.14. The lowest BCUT2D eigenvalue weighted by Gasteiger charge is -2.20. The van der Waals surface area contributed by atoms with Crippen LogP contribution in [0, 0.1) is 11.6 Å². The van der Waals surface area contributed by atoms with E-state index in [-0.39, 0.29) is 11.6 Å². The summed E-state index contributed by atoms with van der Waals surface area (Å²) in [5.74, 6) is -1.06. The fraction of sp³-hybridized carbons (Fsp3) is 0.357. The van der Waals surface area contributed by atoms with Crippen LogP contribution in [0.2, 0.25) is 0 Å². The molecule has 1 heterocycles. The minimum absolute atomic E-state index is 0.0392. The highest BCUT2D eigenvalue weighted by Gasteiger charge is 2.18. The Hall–Kier alpha value is -1.75. The van der Waals surface area contributed by atoms with Gasteiger partial charge in [-0.25, -0.2) is 8.78 Å². The van der Waals surface area contributed by atoms with Crippen LogP contribution in [0.1, 0.15) is 37.1 Å². The number of rotatable bonds is 4. The molecule has 5 heteroatoms. The van der Waals surface area contributed by atoms with Crippen molar-refractivity contribution in [2.45, 2.75) is 25.9 Å². The molecular formula is C14H17F2N3. The summed E-state index contributed by atoms with van der Waals surface area (Å²) in [5, 5.41) is 7.26.